The maximum absolute atomic E-state index is 5.92. The van der Waals surface area contributed by atoms with Crippen molar-refractivity contribution in [2.24, 2.45) is 0 Å². The van der Waals surface area contributed by atoms with E-state index in [2.05, 4.69) is 42.2 Å². The number of ether oxygens (including phenoxy) is 2. The van der Waals surface area contributed by atoms with Crippen LogP contribution in [0.25, 0.3) is 0 Å². The number of benzene rings is 1. The fraction of sp³-hybridized carbons (Fsp3) is 0.647. The van der Waals surface area contributed by atoms with Gasteiger partial charge >= 0.3 is 0 Å². The molecule has 0 aliphatic carbocycles. The van der Waals surface area contributed by atoms with Gasteiger partial charge in [0.15, 0.2) is 0 Å². The van der Waals surface area contributed by atoms with Crippen LogP contribution < -0.4 is 10.1 Å². The molecule has 1 aliphatic rings. The molecule has 1 aliphatic heterocycles. The molecule has 1 aromatic rings. The van der Waals surface area contributed by atoms with Gasteiger partial charge in [0, 0.05) is 24.0 Å². The lowest BCUT2D eigenvalue weighted by Gasteiger charge is -2.26. The lowest BCUT2D eigenvalue weighted by Crippen LogP contribution is -2.30. The fourth-order valence-corrected chi connectivity index (χ4v) is 4.12. The molecule has 0 bridgehead atoms. The number of nitrogens with one attached hydrogen (secondary N) is 1. The van der Waals surface area contributed by atoms with Crippen molar-refractivity contribution in [2.75, 3.05) is 32.6 Å². The fourth-order valence-electron chi connectivity index (χ4n) is 2.71. The number of methoxy groups -OCH3 is 1. The summed E-state index contributed by atoms with van der Waals surface area (Å²) in [7, 11) is 1.70. The van der Waals surface area contributed by atoms with Crippen LogP contribution in [0.1, 0.15) is 37.8 Å². The highest BCUT2D eigenvalue weighted by Gasteiger charge is 2.28. The minimum absolute atomic E-state index is 0.385. The van der Waals surface area contributed by atoms with Gasteiger partial charge in [0.1, 0.15) is 12.4 Å². The molecular formula is C17H27NO2S. The molecule has 1 saturated heterocycles. The van der Waals surface area contributed by atoms with E-state index in [9.17, 15) is 0 Å². The van der Waals surface area contributed by atoms with Crippen LogP contribution in [0.2, 0.25) is 0 Å². The summed E-state index contributed by atoms with van der Waals surface area (Å²) < 4.78 is 11.0. The smallest absolute Gasteiger partial charge is 0.124 e. The van der Waals surface area contributed by atoms with Crippen LogP contribution in [-0.4, -0.2) is 37.9 Å². The Labute approximate surface area is 132 Å². The van der Waals surface area contributed by atoms with Gasteiger partial charge in [-0.05, 0) is 37.6 Å². The second-order valence-electron chi connectivity index (χ2n) is 5.36. The molecule has 1 heterocycles. The summed E-state index contributed by atoms with van der Waals surface area (Å²) in [6.45, 7) is 4.49. The third-order valence-corrected chi connectivity index (χ3v) is 5.21. The standard InChI is InChI=1S/C17H27NO2S/c1-3-10-18-17(16-9-6-13-21-16)14-7-4-5-8-15(14)20-12-11-19-2/h4-5,7-8,16-18H,3,6,9-13H2,1-2H3. The van der Waals surface area contributed by atoms with Crippen molar-refractivity contribution >= 4 is 11.8 Å². The van der Waals surface area contributed by atoms with Crippen molar-refractivity contribution in [3.05, 3.63) is 29.8 Å². The second-order valence-corrected chi connectivity index (χ2v) is 6.71. The molecule has 0 radical (unpaired) electrons. The molecule has 2 rings (SSSR count). The molecule has 4 heteroatoms. The van der Waals surface area contributed by atoms with Crippen molar-refractivity contribution in [1.29, 1.82) is 0 Å². The summed E-state index contributed by atoms with van der Waals surface area (Å²) in [5, 5.41) is 4.38. The highest BCUT2D eigenvalue weighted by molar-refractivity contribution is 8.00. The predicted octanol–water partition coefficient (Wildman–Crippen LogP) is 3.65. The Hall–Kier alpha value is -0.710. The zero-order valence-corrected chi connectivity index (χ0v) is 14.0. The van der Waals surface area contributed by atoms with Gasteiger partial charge in [-0.15, -0.1) is 0 Å². The first-order valence-corrected chi connectivity index (χ1v) is 8.97. The summed E-state index contributed by atoms with van der Waals surface area (Å²) >= 11 is 2.09. The normalized spacial score (nSPS) is 19.6. The highest BCUT2D eigenvalue weighted by Crippen LogP contribution is 2.39. The molecule has 1 aromatic carbocycles. The summed E-state index contributed by atoms with van der Waals surface area (Å²) in [5.41, 5.74) is 1.29. The molecule has 21 heavy (non-hydrogen) atoms. The SMILES string of the molecule is CCCNC(c1ccccc1OCCOC)C1CCCS1. The molecule has 0 aromatic heterocycles. The third kappa shape index (κ3) is 4.90. The molecule has 0 amide bonds. The van der Waals surface area contributed by atoms with Crippen molar-refractivity contribution in [1.82, 2.24) is 5.32 Å². The zero-order valence-electron chi connectivity index (χ0n) is 13.1. The van der Waals surface area contributed by atoms with Gasteiger partial charge < -0.3 is 14.8 Å². The molecule has 3 nitrogen and oxygen atoms in total. The largest absolute Gasteiger partial charge is 0.491 e. The molecule has 0 spiro atoms. The molecule has 118 valence electrons. The van der Waals surface area contributed by atoms with Gasteiger partial charge in [-0.25, -0.2) is 0 Å². The average molecular weight is 309 g/mol. The van der Waals surface area contributed by atoms with E-state index < -0.39 is 0 Å². The Bertz CT molecular complexity index is 408. The lowest BCUT2D eigenvalue weighted by atomic mass is 9.99. The number of rotatable bonds is 9. The van der Waals surface area contributed by atoms with Crippen LogP contribution >= 0.6 is 11.8 Å². The Morgan fingerprint density at radius 2 is 2.19 bits per heavy atom. The van der Waals surface area contributed by atoms with Crippen LogP contribution in [0.15, 0.2) is 24.3 Å². The van der Waals surface area contributed by atoms with E-state index in [1.54, 1.807) is 7.11 Å². The molecule has 1 fully saturated rings. The predicted molar refractivity (Wildman–Crippen MR) is 90.3 cm³/mol. The Kier molecular flexibility index (Phi) is 7.41. The van der Waals surface area contributed by atoms with E-state index in [4.69, 9.17) is 9.47 Å². The summed E-state index contributed by atoms with van der Waals surface area (Å²) in [6, 6.07) is 8.82. The third-order valence-electron chi connectivity index (χ3n) is 3.75. The monoisotopic (exact) mass is 309 g/mol. The van der Waals surface area contributed by atoms with E-state index in [0.717, 1.165) is 18.7 Å². The van der Waals surface area contributed by atoms with E-state index >= 15 is 0 Å². The number of para-hydroxylation sites is 1. The first-order valence-electron chi connectivity index (χ1n) is 7.92. The summed E-state index contributed by atoms with van der Waals surface area (Å²) in [4.78, 5) is 0. The van der Waals surface area contributed by atoms with Crippen molar-refractivity contribution in [3.63, 3.8) is 0 Å². The molecule has 1 N–H and O–H groups in total. The summed E-state index contributed by atoms with van der Waals surface area (Å²) in [5.74, 6) is 2.28. The minimum atomic E-state index is 0.385. The van der Waals surface area contributed by atoms with Crippen molar-refractivity contribution < 1.29 is 9.47 Å². The van der Waals surface area contributed by atoms with Crippen LogP contribution in [0, 0.1) is 0 Å². The van der Waals surface area contributed by atoms with Crippen LogP contribution in [0.4, 0.5) is 0 Å². The van der Waals surface area contributed by atoms with Gasteiger partial charge in [-0.2, -0.15) is 11.8 Å². The number of thioether (sulfide) groups is 1. The van der Waals surface area contributed by atoms with E-state index in [1.807, 2.05) is 6.07 Å². The van der Waals surface area contributed by atoms with Crippen molar-refractivity contribution in [2.45, 2.75) is 37.5 Å². The topological polar surface area (TPSA) is 30.5 Å². The molecule has 2 unspecified atom stereocenters. The van der Waals surface area contributed by atoms with Crippen LogP contribution in [-0.2, 0) is 4.74 Å². The first kappa shape index (κ1) is 16.7. The Balaban J connectivity index is 2.13. The quantitative estimate of drug-likeness (QED) is 0.705. The molecular weight excluding hydrogens is 282 g/mol. The van der Waals surface area contributed by atoms with Gasteiger partial charge in [0.05, 0.1) is 6.61 Å². The highest BCUT2D eigenvalue weighted by atomic mass is 32.2. The van der Waals surface area contributed by atoms with Gasteiger partial charge in [0.25, 0.3) is 0 Å². The zero-order chi connectivity index (χ0) is 14.9. The minimum Gasteiger partial charge on any atom is -0.491 e. The second kappa shape index (κ2) is 9.34. The maximum Gasteiger partial charge on any atom is 0.124 e. The van der Waals surface area contributed by atoms with Gasteiger partial charge in [-0.1, -0.05) is 25.1 Å². The van der Waals surface area contributed by atoms with Crippen LogP contribution in [0.3, 0.4) is 0 Å². The molecule has 0 saturated carbocycles. The van der Waals surface area contributed by atoms with Crippen LogP contribution in [0.5, 0.6) is 5.75 Å². The molecule has 2 atom stereocenters. The van der Waals surface area contributed by atoms with E-state index in [-0.39, 0.29) is 0 Å². The van der Waals surface area contributed by atoms with E-state index in [0.29, 0.717) is 24.5 Å². The number of hydrogen-bond acceptors (Lipinski definition) is 4. The van der Waals surface area contributed by atoms with Gasteiger partial charge in [-0.3, -0.25) is 0 Å². The van der Waals surface area contributed by atoms with Crippen molar-refractivity contribution in [3.8, 4) is 5.75 Å². The maximum atomic E-state index is 5.92. The van der Waals surface area contributed by atoms with Gasteiger partial charge in [0.2, 0.25) is 0 Å². The first-order chi connectivity index (χ1) is 10.4. The average Bonchev–Trinajstić information content (AvgIpc) is 3.03. The lowest BCUT2D eigenvalue weighted by molar-refractivity contribution is 0.145. The Morgan fingerprint density at radius 1 is 1.33 bits per heavy atom. The number of hydrogen-bond donors (Lipinski definition) is 1. The summed E-state index contributed by atoms with van der Waals surface area (Å²) in [6.07, 6.45) is 3.77. The Morgan fingerprint density at radius 3 is 2.90 bits per heavy atom. The van der Waals surface area contributed by atoms with E-state index in [1.165, 1.54) is 24.2 Å².